The quantitative estimate of drug-likeness (QED) is 0.0127. The average Bonchev–Trinajstić information content (AvgIpc) is 3.25. The van der Waals surface area contributed by atoms with Crippen LogP contribution in [-0.2, 0) is 41.8 Å². The van der Waals surface area contributed by atoms with E-state index in [4.69, 9.17) is 23.8 Å². The molecular formula is C48H80O14P2. The lowest BCUT2D eigenvalue weighted by Gasteiger charge is -2.20. The van der Waals surface area contributed by atoms with Crippen molar-refractivity contribution in [3.63, 3.8) is 0 Å². The van der Waals surface area contributed by atoms with Crippen molar-refractivity contribution in [3.8, 4) is 0 Å². The molecule has 0 aromatic rings. The summed E-state index contributed by atoms with van der Waals surface area (Å²) in [5.41, 5.74) is 0. The summed E-state index contributed by atoms with van der Waals surface area (Å²) in [5, 5.41) is 19.6. The van der Waals surface area contributed by atoms with Crippen LogP contribution in [0.2, 0.25) is 0 Å². The van der Waals surface area contributed by atoms with Gasteiger partial charge in [0.15, 0.2) is 6.10 Å². The Hall–Kier alpha value is -3.00. The maximum absolute atomic E-state index is 12.7. The van der Waals surface area contributed by atoms with Gasteiger partial charge in [0.25, 0.3) is 0 Å². The zero-order chi connectivity index (χ0) is 47.4. The number of hydrogen-bond acceptors (Lipinski definition) is 11. The van der Waals surface area contributed by atoms with Crippen LogP contribution in [0.3, 0.4) is 0 Å². The van der Waals surface area contributed by atoms with Gasteiger partial charge < -0.3 is 34.4 Å². The van der Waals surface area contributed by atoms with Gasteiger partial charge in [0, 0.05) is 12.8 Å². The molecule has 4 atom stereocenters. The van der Waals surface area contributed by atoms with Crippen LogP contribution in [0.15, 0.2) is 97.2 Å². The molecule has 366 valence electrons. The molecule has 0 saturated heterocycles. The second-order valence-electron chi connectivity index (χ2n) is 15.1. The second-order valence-corrected chi connectivity index (χ2v) is 17.8. The van der Waals surface area contributed by atoms with E-state index < -0.39 is 72.3 Å². The highest BCUT2D eigenvalue weighted by atomic mass is 31.2. The van der Waals surface area contributed by atoms with Gasteiger partial charge >= 0.3 is 27.6 Å². The number of phosphoric ester groups is 2. The molecule has 0 aliphatic rings. The zero-order valence-corrected chi connectivity index (χ0v) is 40.2. The smallest absolute Gasteiger partial charge is 0.462 e. The van der Waals surface area contributed by atoms with E-state index in [1.54, 1.807) is 6.08 Å². The van der Waals surface area contributed by atoms with E-state index in [0.29, 0.717) is 25.7 Å². The summed E-state index contributed by atoms with van der Waals surface area (Å²) in [5.74, 6) is -1.17. The number of allylic oxidation sites excluding steroid dienone is 14. The number of carbonyl (C=O) groups is 2. The third-order valence-corrected chi connectivity index (χ3v) is 10.5. The first kappa shape index (κ1) is 61.0. The molecule has 0 rings (SSSR count). The molecule has 16 heteroatoms. The summed E-state index contributed by atoms with van der Waals surface area (Å²) in [6, 6.07) is 0. The Morgan fingerprint density at radius 2 is 1.06 bits per heavy atom. The van der Waals surface area contributed by atoms with Crippen molar-refractivity contribution in [2.45, 2.75) is 167 Å². The molecule has 0 radical (unpaired) electrons. The first-order valence-corrected chi connectivity index (χ1v) is 26.1. The van der Waals surface area contributed by atoms with E-state index in [0.717, 1.165) is 77.0 Å². The van der Waals surface area contributed by atoms with E-state index in [1.807, 2.05) is 54.7 Å². The largest absolute Gasteiger partial charge is 0.472 e. The Balaban J connectivity index is 4.66. The highest BCUT2D eigenvalue weighted by Crippen LogP contribution is 2.43. The fraction of sp³-hybridized carbons (Fsp3) is 0.625. The number of aliphatic hydroxyl groups excluding tert-OH is 2. The summed E-state index contributed by atoms with van der Waals surface area (Å²) in [7, 11) is -9.72. The highest BCUT2D eigenvalue weighted by Gasteiger charge is 2.28. The molecule has 5 N–H and O–H groups in total. The number of carbonyl (C=O) groups excluding carboxylic acids is 2. The fourth-order valence-electron chi connectivity index (χ4n) is 5.55. The molecule has 0 spiro atoms. The third kappa shape index (κ3) is 45.6. The van der Waals surface area contributed by atoms with Crippen LogP contribution >= 0.6 is 15.6 Å². The molecule has 14 nitrogen and oxygen atoms in total. The van der Waals surface area contributed by atoms with E-state index in [9.17, 15) is 33.8 Å². The van der Waals surface area contributed by atoms with E-state index in [1.165, 1.54) is 19.3 Å². The predicted molar refractivity (Wildman–Crippen MR) is 254 cm³/mol. The van der Waals surface area contributed by atoms with E-state index in [2.05, 4.69) is 59.4 Å². The number of ether oxygens (including phenoxy) is 2. The molecule has 0 saturated carbocycles. The minimum absolute atomic E-state index is 0.0474. The van der Waals surface area contributed by atoms with Crippen molar-refractivity contribution in [1.29, 1.82) is 0 Å². The maximum Gasteiger partial charge on any atom is 0.472 e. The van der Waals surface area contributed by atoms with Crippen LogP contribution in [-0.4, -0.2) is 81.6 Å². The first-order valence-electron chi connectivity index (χ1n) is 23.0. The van der Waals surface area contributed by atoms with Gasteiger partial charge in [-0.15, -0.1) is 0 Å². The monoisotopic (exact) mass is 943 g/mol. The standard InChI is InChI=1S/C48H80O14P2/c1-3-5-7-8-9-10-11-12-13-14-15-18-22-25-28-31-35-39-48(52)62-46(43-61-64(56,57)60-41-45(50)40-59-63(53,54)55)42-58-47(51)38-34-30-27-24-21-19-16-17-20-23-26-29-33-37-44(49)36-32-6-4-2/h6,9-10,12-13,17,19-21,26-27,29-30,32-33,37,44-46,49-50H,3-5,7-8,11,14-16,18,22-25,28,31,34-36,38-43H2,1-2H3,(H,56,57)(H2,53,54,55)/b10-9-,13-12-,20-17-,21-19-,29-26+,30-27-,32-6-,37-33+/t44?,45-,46+/m0/s1. The molecule has 0 aliphatic carbocycles. The number of unbranched alkanes of at least 4 members (excludes halogenated alkanes) is 10. The second kappa shape index (κ2) is 42.6. The maximum atomic E-state index is 12.7. The lowest BCUT2D eigenvalue weighted by atomic mass is 10.1. The molecular weight excluding hydrogens is 862 g/mol. The lowest BCUT2D eigenvalue weighted by molar-refractivity contribution is -0.161. The summed E-state index contributed by atoms with van der Waals surface area (Å²) in [6.07, 6.45) is 47.3. The van der Waals surface area contributed by atoms with Crippen LogP contribution in [0.5, 0.6) is 0 Å². The normalized spacial score (nSPS) is 15.3. The molecule has 2 unspecified atom stereocenters. The molecule has 0 aromatic carbocycles. The van der Waals surface area contributed by atoms with Gasteiger partial charge in [-0.25, -0.2) is 9.13 Å². The van der Waals surface area contributed by atoms with Crippen molar-refractivity contribution in [2.24, 2.45) is 0 Å². The average molecular weight is 943 g/mol. The molecule has 64 heavy (non-hydrogen) atoms. The third-order valence-electron chi connectivity index (χ3n) is 9.04. The van der Waals surface area contributed by atoms with Crippen LogP contribution in [0, 0.1) is 0 Å². The molecule has 0 amide bonds. The van der Waals surface area contributed by atoms with Gasteiger partial charge in [-0.2, -0.15) is 0 Å². The van der Waals surface area contributed by atoms with Gasteiger partial charge in [0.1, 0.15) is 12.7 Å². The van der Waals surface area contributed by atoms with Crippen molar-refractivity contribution >= 4 is 27.6 Å². The Bertz CT molecular complexity index is 1510. The molecule has 0 heterocycles. The number of phosphoric acid groups is 2. The van der Waals surface area contributed by atoms with Crippen molar-refractivity contribution in [3.05, 3.63) is 97.2 Å². The summed E-state index contributed by atoms with van der Waals surface area (Å²) in [6.45, 7) is 1.42. The topological polar surface area (TPSA) is 216 Å². The van der Waals surface area contributed by atoms with Gasteiger partial charge in [-0.3, -0.25) is 23.2 Å². The van der Waals surface area contributed by atoms with Crippen LogP contribution in [0.4, 0.5) is 0 Å². The first-order chi connectivity index (χ1) is 30.8. The Labute approximate surface area is 383 Å². The Kier molecular flexibility index (Phi) is 40.6. The minimum Gasteiger partial charge on any atom is -0.462 e. The number of esters is 2. The molecule has 0 aliphatic heterocycles. The number of aliphatic hydroxyl groups is 2. The number of hydrogen-bond donors (Lipinski definition) is 5. The number of rotatable bonds is 42. The van der Waals surface area contributed by atoms with E-state index >= 15 is 0 Å². The van der Waals surface area contributed by atoms with E-state index in [-0.39, 0.29) is 12.8 Å². The highest BCUT2D eigenvalue weighted by molar-refractivity contribution is 7.47. The van der Waals surface area contributed by atoms with Gasteiger partial charge in [0.2, 0.25) is 0 Å². The van der Waals surface area contributed by atoms with Gasteiger partial charge in [-0.05, 0) is 77.0 Å². The minimum atomic E-state index is -4.88. The Morgan fingerprint density at radius 1 is 0.531 bits per heavy atom. The van der Waals surface area contributed by atoms with Crippen LogP contribution in [0.25, 0.3) is 0 Å². The fourth-order valence-corrected chi connectivity index (χ4v) is 6.70. The van der Waals surface area contributed by atoms with Crippen molar-refractivity contribution in [2.75, 3.05) is 26.4 Å². The van der Waals surface area contributed by atoms with Crippen LogP contribution < -0.4 is 0 Å². The van der Waals surface area contributed by atoms with Crippen LogP contribution in [0.1, 0.15) is 149 Å². The van der Waals surface area contributed by atoms with Gasteiger partial charge in [-0.1, -0.05) is 156 Å². The summed E-state index contributed by atoms with van der Waals surface area (Å²) in [4.78, 5) is 52.8. The molecule has 0 fully saturated rings. The van der Waals surface area contributed by atoms with Gasteiger partial charge in [0.05, 0.1) is 25.9 Å². The summed E-state index contributed by atoms with van der Waals surface area (Å²) < 4.78 is 47.7. The van der Waals surface area contributed by atoms with Crippen molar-refractivity contribution in [1.82, 2.24) is 0 Å². The van der Waals surface area contributed by atoms with Crippen molar-refractivity contribution < 1.29 is 66.7 Å². The predicted octanol–water partition coefficient (Wildman–Crippen LogP) is 11.1. The lowest BCUT2D eigenvalue weighted by Crippen LogP contribution is -2.29. The molecule has 0 bridgehead atoms. The molecule has 0 aromatic heterocycles. The summed E-state index contributed by atoms with van der Waals surface area (Å²) >= 11 is 0. The zero-order valence-electron chi connectivity index (χ0n) is 38.5. The Morgan fingerprint density at radius 3 is 1.67 bits per heavy atom. The SMILES string of the molecule is CC/C=C\CC(O)/C=C/C=C/C/C=C\C/C=C\C/C=C\CCC(=O)OC[C@H](COP(=O)(O)OC[C@@H](O)COP(=O)(O)O)OC(=O)CCCCCCCCC/C=C\C/C=C\CCCCC.